The lowest BCUT2D eigenvalue weighted by molar-refractivity contribution is 0.597. The molecule has 0 bridgehead atoms. The van der Waals surface area contributed by atoms with Gasteiger partial charge in [-0.1, -0.05) is 6.92 Å². The molecule has 0 radical (unpaired) electrons. The minimum absolute atomic E-state index is 0.0719. The molecule has 1 aromatic rings. The molecule has 0 spiro atoms. The maximum Gasteiger partial charge on any atom is 0.192 e. The van der Waals surface area contributed by atoms with Crippen molar-refractivity contribution in [3.8, 4) is 0 Å². The lowest BCUT2D eigenvalue weighted by Crippen LogP contribution is -2.16. The zero-order valence-electron chi connectivity index (χ0n) is 10.6. The van der Waals surface area contributed by atoms with Crippen LogP contribution >= 0.6 is 0 Å². The highest BCUT2D eigenvalue weighted by Crippen LogP contribution is 2.21. The van der Waals surface area contributed by atoms with Gasteiger partial charge in [0.25, 0.3) is 0 Å². The quantitative estimate of drug-likeness (QED) is 0.869. The zero-order chi connectivity index (χ0) is 13.2. The third-order valence-corrected chi connectivity index (χ3v) is 3.49. The van der Waals surface area contributed by atoms with Crippen LogP contribution in [0.15, 0.2) is 17.2 Å². The van der Waals surface area contributed by atoms with Gasteiger partial charge in [-0.05, 0) is 24.1 Å². The molecule has 6 heteroatoms. The normalized spacial score (nSPS) is 13.5. The van der Waals surface area contributed by atoms with Crippen molar-refractivity contribution in [2.75, 3.05) is 25.3 Å². The number of nitrogens with zero attached hydrogens (tertiary/aromatic N) is 2. The van der Waals surface area contributed by atoms with Gasteiger partial charge in [-0.15, -0.1) is 0 Å². The van der Waals surface area contributed by atoms with E-state index in [0.717, 1.165) is 18.2 Å². The van der Waals surface area contributed by atoms with Crippen LogP contribution in [0.4, 0.5) is 5.82 Å². The summed E-state index contributed by atoms with van der Waals surface area (Å²) in [6.45, 7) is 1.96. The number of hydrogen-bond acceptors (Lipinski definition) is 5. The Balaban J connectivity index is 3.39. The van der Waals surface area contributed by atoms with E-state index in [4.69, 9.17) is 5.73 Å². The van der Waals surface area contributed by atoms with Crippen LogP contribution < -0.4 is 10.6 Å². The first-order valence-electron chi connectivity index (χ1n) is 5.40. The van der Waals surface area contributed by atoms with Crippen LogP contribution in [-0.4, -0.2) is 33.8 Å². The van der Waals surface area contributed by atoms with Crippen molar-refractivity contribution in [2.24, 2.45) is 5.73 Å². The van der Waals surface area contributed by atoms with Crippen molar-refractivity contribution < 1.29 is 8.42 Å². The lowest BCUT2D eigenvalue weighted by Gasteiger charge is -2.16. The molecule has 1 heterocycles. The first-order valence-corrected chi connectivity index (χ1v) is 7.29. The summed E-state index contributed by atoms with van der Waals surface area (Å²) in [7, 11) is 0.314. The maximum atomic E-state index is 11.5. The highest BCUT2D eigenvalue weighted by atomic mass is 32.2. The molecule has 0 unspecified atom stereocenters. The molecule has 0 saturated heterocycles. The Labute approximate surface area is 103 Å². The Bertz CT molecular complexity index is 497. The van der Waals surface area contributed by atoms with Crippen LogP contribution in [-0.2, 0) is 9.84 Å². The van der Waals surface area contributed by atoms with Crippen LogP contribution in [0.2, 0.25) is 0 Å². The van der Waals surface area contributed by atoms with Crippen LogP contribution in [0.5, 0.6) is 0 Å². The van der Waals surface area contributed by atoms with Gasteiger partial charge in [0, 0.05) is 26.4 Å². The molecular weight excluding hydrogens is 238 g/mol. The summed E-state index contributed by atoms with van der Waals surface area (Å²) < 4.78 is 23.1. The fourth-order valence-electron chi connectivity index (χ4n) is 1.38. The predicted octanol–water partition coefficient (Wildman–Crippen LogP) is 0.961. The molecule has 0 aliphatic carbocycles. The van der Waals surface area contributed by atoms with E-state index in [-0.39, 0.29) is 11.1 Å². The second-order valence-electron chi connectivity index (χ2n) is 4.28. The summed E-state index contributed by atoms with van der Waals surface area (Å²) in [5, 5.41) is 0.0719. The lowest BCUT2D eigenvalue weighted by atomic mass is 10.1. The van der Waals surface area contributed by atoms with Crippen LogP contribution in [0.1, 0.15) is 24.9 Å². The minimum Gasteiger partial charge on any atom is -0.363 e. The first-order chi connectivity index (χ1) is 7.75. The Morgan fingerprint density at radius 1 is 1.41 bits per heavy atom. The standard InChI is InChI=1S/C11H19N3O2S/c1-5-9(12)8-6-10(14(2)3)13-11(7-8)17(4,15)16/h6-7,9H,5,12H2,1-4H3/t9-/m0/s1. The van der Waals surface area contributed by atoms with Gasteiger partial charge in [-0.25, -0.2) is 13.4 Å². The van der Waals surface area contributed by atoms with Gasteiger partial charge >= 0.3 is 0 Å². The van der Waals surface area contributed by atoms with E-state index in [1.807, 2.05) is 27.1 Å². The number of hydrogen-bond donors (Lipinski definition) is 1. The largest absolute Gasteiger partial charge is 0.363 e. The predicted molar refractivity (Wildman–Crippen MR) is 68.9 cm³/mol. The first kappa shape index (κ1) is 13.9. The van der Waals surface area contributed by atoms with E-state index >= 15 is 0 Å². The Morgan fingerprint density at radius 3 is 2.41 bits per heavy atom. The van der Waals surface area contributed by atoms with Crippen molar-refractivity contribution in [3.05, 3.63) is 17.7 Å². The van der Waals surface area contributed by atoms with Crippen LogP contribution in [0.25, 0.3) is 0 Å². The molecule has 96 valence electrons. The van der Waals surface area contributed by atoms with Gasteiger partial charge in [0.1, 0.15) is 5.82 Å². The van der Waals surface area contributed by atoms with E-state index in [0.29, 0.717) is 5.82 Å². The van der Waals surface area contributed by atoms with Crippen molar-refractivity contribution in [2.45, 2.75) is 24.4 Å². The zero-order valence-corrected chi connectivity index (χ0v) is 11.5. The third kappa shape index (κ3) is 3.41. The molecule has 0 aliphatic heterocycles. The third-order valence-electron chi connectivity index (χ3n) is 2.52. The SMILES string of the molecule is CC[C@H](N)c1cc(N(C)C)nc(S(C)(=O)=O)c1. The Morgan fingerprint density at radius 2 is 2.00 bits per heavy atom. The fraction of sp³-hybridized carbons (Fsp3) is 0.545. The monoisotopic (exact) mass is 257 g/mol. The van der Waals surface area contributed by atoms with E-state index in [2.05, 4.69) is 4.98 Å². The number of sulfone groups is 1. The molecule has 1 atom stereocenters. The summed E-state index contributed by atoms with van der Waals surface area (Å²) >= 11 is 0. The number of rotatable bonds is 4. The topological polar surface area (TPSA) is 76.3 Å². The molecule has 0 amide bonds. The second kappa shape index (κ2) is 5.01. The van der Waals surface area contributed by atoms with Crippen molar-refractivity contribution >= 4 is 15.7 Å². The molecule has 5 nitrogen and oxygen atoms in total. The highest BCUT2D eigenvalue weighted by molar-refractivity contribution is 7.90. The molecule has 17 heavy (non-hydrogen) atoms. The molecule has 1 rings (SSSR count). The van der Waals surface area contributed by atoms with Gasteiger partial charge in [-0.3, -0.25) is 0 Å². The average Bonchev–Trinajstić information content (AvgIpc) is 2.26. The molecular formula is C11H19N3O2S. The average molecular weight is 257 g/mol. The van der Waals surface area contributed by atoms with Crippen LogP contribution in [0.3, 0.4) is 0 Å². The van der Waals surface area contributed by atoms with E-state index in [1.165, 1.54) is 0 Å². The number of pyridine rings is 1. The minimum atomic E-state index is -3.32. The van der Waals surface area contributed by atoms with E-state index in [9.17, 15) is 8.42 Å². The maximum absolute atomic E-state index is 11.5. The fourth-order valence-corrected chi connectivity index (χ4v) is 1.99. The molecule has 0 aliphatic rings. The summed E-state index contributed by atoms with van der Waals surface area (Å²) in [5.74, 6) is 0.604. The number of aromatic nitrogens is 1. The number of nitrogens with two attached hydrogens (primary N) is 1. The van der Waals surface area contributed by atoms with Gasteiger partial charge < -0.3 is 10.6 Å². The van der Waals surface area contributed by atoms with Crippen molar-refractivity contribution in [1.82, 2.24) is 4.98 Å². The van der Waals surface area contributed by atoms with Crippen LogP contribution in [0, 0.1) is 0 Å². The molecule has 1 aromatic heterocycles. The summed E-state index contributed by atoms with van der Waals surface area (Å²) in [4.78, 5) is 5.87. The Hall–Kier alpha value is -1.14. The summed E-state index contributed by atoms with van der Waals surface area (Å²) in [5.41, 5.74) is 6.73. The van der Waals surface area contributed by atoms with Crippen molar-refractivity contribution in [3.63, 3.8) is 0 Å². The van der Waals surface area contributed by atoms with E-state index < -0.39 is 9.84 Å². The number of anilines is 1. The van der Waals surface area contributed by atoms with Crippen molar-refractivity contribution in [1.29, 1.82) is 0 Å². The summed E-state index contributed by atoms with van der Waals surface area (Å²) in [6, 6.07) is 3.21. The summed E-state index contributed by atoms with van der Waals surface area (Å²) in [6.07, 6.45) is 1.90. The molecule has 0 aromatic carbocycles. The second-order valence-corrected chi connectivity index (χ2v) is 6.24. The Kier molecular flexibility index (Phi) is 4.11. The molecule has 0 saturated carbocycles. The molecule has 2 N–H and O–H groups in total. The van der Waals surface area contributed by atoms with Gasteiger partial charge in [0.15, 0.2) is 14.9 Å². The van der Waals surface area contributed by atoms with E-state index in [1.54, 1.807) is 11.0 Å². The van der Waals surface area contributed by atoms with Gasteiger partial charge in [0.05, 0.1) is 0 Å². The highest BCUT2D eigenvalue weighted by Gasteiger charge is 2.15. The molecule has 0 fully saturated rings. The van der Waals surface area contributed by atoms with Gasteiger partial charge in [0.2, 0.25) is 0 Å². The van der Waals surface area contributed by atoms with Gasteiger partial charge in [-0.2, -0.15) is 0 Å². The smallest absolute Gasteiger partial charge is 0.192 e.